The van der Waals surface area contributed by atoms with E-state index in [1.807, 2.05) is 35.0 Å². The number of nitrogens with zero attached hydrogens (tertiary/aromatic N) is 6. The number of aromatic nitrogens is 4. The van der Waals surface area contributed by atoms with E-state index < -0.39 is 0 Å². The van der Waals surface area contributed by atoms with Crippen molar-refractivity contribution in [3.63, 3.8) is 0 Å². The highest BCUT2D eigenvalue weighted by Gasteiger charge is 2.38. The van der Waals surface area contributed by atoms with Crippen LogP contribution in [0.3, 0.4) is 0 Å². The van der Waals surface area contributed by atoms with Crippen LogP contribution in [0.25, 0.3) is 10.9 Å². The predicted molar refractivity (Wildman–Crippen MR) is 127 cm³/mol. The second-order valence-electron chi connectivity index (χ2n) is 9.09. The fourth-order valence-electron chi connectivity index (χ4n) is 5.65. The third kappa shape index (κ3) is 2.89. The normalized spacial score (nSPS) is 22.6. The summed E-state index contributed by atoms with van der Waals surface area (Å²) in [4.78, 5) is 23.1. The van der Waals surface area contributed by atoms with Crippen LogP contribution in [0.2, 0.25) is 5.02 Å². The molecule has 3 aliphatic rings. The van der Waals surface area contributed by atoms with Crippen LogP contribution in [-0.2, 0) is 20.0 Å². The average Bonchev–Trinajstić information content (AvgIpc) is 3.40. The van der Waals surface area contributed by atoms with Gasteiger partial charge in [-0.1, -0.05) is 11.6 Å². The van der Waals surface area contributed by atoms with Crippen molar-refractivity contribution in [3.05, 3.63) is 39.4 Å². The number of nitrogens with one attached hydrogen (secondary N) is 1. The van der Waals surface area contributed by atoms with Gasteiger partial charge in [0.25, 0.3) is 5.56 Å². The van der Waals surface area contributed by atoms with E-state index in [9.17, 15) is 4.79 Å². The first-order chi connectivity index (χ1) is 15.6. The van der Waals surface area contributed by atoms with E-state index in [4.69, 9.17) is 16.6 Å². The summed E-state index contributed by atoms with van der Waals surface area (Å²) in [5.41, 5.74) is 3.24. The summed E-state index contributed by atoms with van der Waals surface area (Å²) in [7, 11) is 1.86. The lowest BCUT2D eigenvalue weighted by atomic mass is 9.93. The van der Waals surface area contributed by atoms with Crippen LogP contribution in [0.5, 0.6) is 0 Å². The molecule has 2 unspecified atom stereocenters. The van der Waals surface area contributed by atoms with Gasteiger partial charge in [-0.3, -0.25) is 14.0 Å². The molecular formula is C23H28ClN7O. The third-order valence-electron chi connectivity index (χ3n) is 7.28. The first kappa shape index (κ1) is 20.1. The van der Waals surface area contributed by atoms with Gasteiger partial charge in [0.1, 0.15) is 5.69 Å². The molecule has 1 aromatic carbocycles. The Morgan fingerprint density at radius 2 is 2.00 bits per heavy atom. The minimum Gasteiger partial charge on any atom is -0.334 e. The Morgan fingerprint density at radius 3 is 2.75 bits per heavy atom. The van der Waals surface area contributed by atoms with E-state index in [0.29, 0.717) is 29.3 Å². The quantitative estimate of drug-likeness (QED) is 0.657. The molecule has 2 aromatic heterocycles. The van der Waals surface area contributed by atoms with E-state index in [1.54, 1.807) is 4.57 Å². The van der Waals surface area contributed by atoms with Crippen molar-refractivity contribution < 1.29 is 0 Å². The number of benzene rings is 1. The fourth-order valence-corrected chi connectivity index (χ4v) is 5.96. The fraction of sp³-hybridized carbons (Fsp3) is 0.522. The van der Waals surface area contributed by atoms with Gasteiger partial charge in [0.05, 0.1) is 21.9 Å². The minimum atomic E-state index is -0.000442. The molecule has 6 rings (SSSR count). The van der Waals surface area contributed by atoms with E-state index in [0.717, 1.165) is 67.1 Å². The Kier molecular flexibility index (Phi) is 4.69. The zero-order valence-corrected chi connectivity index (χ0v) is 19.3. The van der Waals surface area contributed by atoms with E-state index >= 15 is 0 Å². The number of hydrogen-bond donors (Lipinski definition) is 1. The van der Waals surface area contributed by atoms with Crippen LogP contribution in [0, 0.1) is 0 Å². The monoisotopic (exact) mass is 453 g/mol. The Morgan fingerprint density at radius 1 is 1.22 bits per heavy atom. The lowest BCUT2D eigenvalue weighted by Crippen LogP contribution is -2.61. The van der Waals surface area contributed by atoms with Crippen LogP contribution in [0.1, 0.15) is 31.9 Å². The molecule has 0 saturated carbocycles. The maximum atomic E-state index is 13.6. The van der Waals surface area contributed by atoms with Crippen LogP contribution in [0.15, 0.2) is 23.1 Å². The summed E-state index contributed by atoms with van der Waals surface area (Å²) in [5.74, 6) is 0.817. The van der Waals surface area contributed by atoms with Crippen molar-refractivity contribution in [1.82, 2.24) is 24.6 Å². The summed E-state index contributed by atoms with van der Waals surface area (Å²) < 4.78 is 3.63. The number of halogens is 1. The van der Waals surface area contributed by atoms with Gasteiger partial charge in [0, 0.05) is 63.3 Å². The average molecular weight is 454 g/mol. The molecular weight excluding hydrogens is 426 g/mol. The molecule has 0 amide bonds. The number of fused-ring (bicyclic) bond motifs is 4. The van der Waals surface area contributed by atoms with Crippen molar-refractivity contribution in [3.8, 4) is 0 Å². The predicted octanol–water partition coefficient (Wildman–Crippen LogP) is 2.83. The number of anilines is 3. The molecule has 9 heteroatoms. The molecule has 0 radical (unpaired) electrons. The smallest absolute Gasteiger partial charge is 0.278 e. The summed E-state index contributed by atoms with van der Waals surface area (Å²) in [5, 5.41) is 9.64. The number of aryl methyl sites for hydroxylation is 1. The number of rotatable bonds is 3. The zero-order valence-electron chi connectivity index (χ0n) is 18.5. The Hall–Kier alpha value is -2.58. The van der Waals surface area contributed by atoms with Crippen LogP contribution in [0.4, 0.5) is 17.3 Å². The van der Waals surface area contributed by atoms with Crippen LogP contribution >= 0.6 is 11.6 Å². The minimum absolute atomic E-state index is 0.000442. The molecule has 8 nitrogen and oxygen atoms in total. The van der Waals surface area contributed by atoms with Crippen LogP contribution < -0.4 is 20.7 Å². The Labute approximate surface area is 191 Å². The Bertz CT molecular complexity index is 1240. The van der Waals surface area contributed by atoms with E-state index in [1.165, 1.54) is 6.42 Å². The summed E-state index contributed by atoms with van der Waals surface area (Å²) in [6.45, 7) is 5.45. The topological polar surface area (TPSA) is 71.2 Å². The van der Waals surface area contributed by atoms with Crippen molar-refractivity contribution in [2.75, 3.05) is 29.4 Å². The van der Waals surface area contributed by atoms with E-state index in [-0.39, 0.29) is 5.56 Å². The standard InChI is InChI=1S/C23H28ClN7O/c1-3-29-13-16-17(27-29)7-8-19(20(16)24)30-10-9-18-21(30)22(32)28(2)23(26-18)31-14-5-4-6-15(31)12-25-11-14/h7-8,13-15,25H,3-6,9-12H2,1-2H3. The first-order valence-corrected chi connectivity index (χ1v) is 12.0. The number of piperazine rings is 1. The molecule has 2 fully saturated rings. The van der Waals surface area contributed by atoms with Gasteiger partial charge in [-0.2, -0.15) is 5.10 Å². The molecule has 3 aliphatic heterocycles. The lowest BCUT2D eigenvalue weighted by molar-refractivity contribution is 0.304. The van der Waals surface area contributed by atoms with Gasteiger partial charge >= 0.3 is 0 Å². The second kappa shape index (κ2) is 7.49. The number of piperidine rings is 1. The van der Waals surface area contributed by atoms with Crippen molar-refractivity contribution in [1.29, 1.82) is 0 Å². The third-order valence-corrected chi connectivity index (χ3v) is 7.67. The molecule has 2 saturated heterocycles. The highest BCUT2D eigenvalue weighted by Crippen LogP contribution is 2.40. The molecule has 2 atom stereocenters. The molecule has 1 N–H and O–H groups in total. The zero-order chi connectivity index (χ0) is 22.0. The van der Waals surface area contributed by atoms with Gasteiger partial charge in [-0.15, -0.1) is 0 Å². The van der Waals surface area contributed by atoms with Crippen molar-refractivity contribution in [2.24, 2.45) is 7.05 Å². The first-order valence-electron chi connectivity index (χ1n) is 11.6. The van der Waals surface area contributed by atoms with E-state index in [2.05, 4.69) is 22.2 Å². The molecule has 0 spiro atoms. The number of hydrogen-bond acceptors (Lipinski definition) is 6. The largest absolute Gasteiger partial charge is 0.334 e. The Balaban J connectivity index is 1.44. The maximum absolute atomic E-state index is 13.6. The van der Waals surface area contributed by atoms with Gasteiger partial charge in [-0.25, -0.2) is 4.98 Å². The molecule has 5 heterocycles. The summed E-state index contributed by atoms with van der Waals surface area (Å²) in [6.07, 6.45) is 6.24. The van der Waals surface area contributed by atoms with Crippen molar-refractivity contribution >= 4 is 39.8 Å². The van der Waals surface area contributed by atoms with Gasteiger partial charge < -0.3 is 15.1 Å². The molecule has 2 bridgehead atoms. The van der Waals surface area contributed by atoms with Gasteiger partial charge in [0.15, 0.2) is 0 Å². The molecule has 32 heavy (non-hydrogen) atoms. The molecule has 3 aromatic rings. The summed E-state index contributed by atoms with van der Waals surface area (Å²) in [6, 6.07) is 4.77. The second-order valence-corrected chi connectivity index (χ2v) is 9.47. The van der Waals surface area contributed by atoms with Crippen molar-refractivity contribution in [2.45, 2.75) is 51.2 Å². The summed E-state index contributed by atoms with van der Waals surface area (Å²) >= 11 is 6.83. The molecule has 0 aliphatic carbocycles. The maximum Gasteiger partial charge on any atom is 0.278 e. The van der Waals surface area contributed by atoms with Gasteiger partial charge in [-0.05, 0) is 38.3 Å². The SMILES string of the molecule is CCn1cc2c(Cl)c(N3CCc4nc(N5C6CCCC5CNC6)n(C)c(=O)c43)ccc2n1. The van der Waals surface area contributed by atoms with Gasteiger partial charge in [0.2, 0.25) is 5.95 Å². The molecule has 168 valence electrons. The highest BCUT2D eigenvalue weighted by atomic mass is 35.5. The van der Waals surface area contributed by atoms with Crippen LogP contribution in [-0.4, -0.2) is 51.0 Å². The highest BCUT2D eigenvalue weighted by molar-refractivity contribution is 6.38. The lowest BCUT2D eigenvalue weighted by Gasteiger charge is -2.47.